The van der Waals surface area contributed by atoms with Crippen LogP contribution < -0.4 is 0 Å². The van der Waals surface area contributed by atoms with Gasteiger partial charge in [0.15, 0.2) is 0 Å². The number of sulfonamides is 1. The number of carbonyl (C=O) groups excluding carboxylic acids is 1. The number of hydrogen-bond donors (Lipinski definition) is 0. The molecular weight excluding hydrogens is 430 g/mol. The summed E-state index contributed by atoms with van der Waals surface area (Å²) in [5.41, 5.74) is 0.890. The van der Waals surface area contributed by atoms with E-state index in [0.29, 0.717) is 13.1 Å². The van der Waals surface area contributed by atoms with Gasteiger partial charge >= 0.3 is 0 Å². The van der Waals surface area contributed by atoms with Crippen molar-refractivity contribution in [2.45, 2.75) is 29.9 Å². The number of carbonyl (C=O) groups is 1. The Balaban J connectivity index is 1.49. The molecule has 162 valence electrons. The van der Waals surface area contributed by atoms with Gasteiger partial charge in [-0.1, -0.05) is 68.1 Å². The third kappa shape index (κ3) is 4.46. The van der Waals surface area contributed by atoms with E-state index >= 15 is 0 Å². The zero-order valence-corrected chi connectivity index (χ0v) is 19.1. The number of nitrogens with zero attached hydrogens (tertiary/aromatic N) is 3. The van der Waals surface area contributed by atoms with Crippen LogP contribution in [0.1, 0.15) is 13.8 Å². The molecule has 8 heteroatoms. The van der Waals surface area contributed by atoms with Crippen LogP contribution in [0.5, 0.6) is 0 Å². The van der Waals surface area contributed by atoms with E-state index in [0.717, 1.165) is 15.9 Å². The summed E-state index contributed by atoms with van der Waals surface area (Å²) in [5, 5.41) is 1.83. The molecular formula is C23H25N3O3S2. The normalized spacial score (nSPS) is 17.5. The second-order valence-corrected chi connectivity index (χ2v) is 10.7. The molecule has 0 spiro atoms. The van der Waals surface area contributed by atoms with E-state index in [1.54, 1.807) is 35.2 Å². The Morgan fingerprint density at radius 1 is 1.03 bits per heavy atom. The van der Waals surface area contributed by atoms with Gasteiger partial charge in [0.05, 0.1) is 21.2 Å². The smallest absolute Gasteiger partial charge is 0.244 e. The Hall–Kier alpha value is -2.42. The fraction of sp³-hybridized carbons (Fsp3) is 0.304. The van der Waals surface area contributed by atoms with E-state index in [9.17, 15) is 13.2 Å². The fourth-order valence-corrected chi connectivity index (χ4v) is 6.43. The van der Waals surface area contributed by atoms with E-state index in [4.69, 9.17) is 0 Å². The number of hydrogen-bond acceptors (Lipinski definition) is 5. The van der Waals surface area contributed by atoms with Crippen molar-refractivity contribution in [2.75, 3.05) is 18.8 Å². The van der Waals surface area contributed by atoms with Gasteiger partial charge in [-0.15, -0.1) is 0 Å². The van der Waals surface area contributed by atoms with E-state index < -0.39 is 16.2 Å². The molecule has 2 aromatic carbocycles. The summed E-state index contributed by atoms with van der Waals surface area (Å²) >= 11 is 1.38. The lowest BCUT2D eigenvalue weighted by atomic mass is 10.1. The highest BCUT2D eigenvalue weighted by atomic mass is 32.2. The highest BCUT2D eigenvalue weighted by Gasteiger charge is 2.43. The first kappa shape index (κ1) is 21.8. The van der Waals surface area contributed by atoms with Gasteiger partial charge in [-0.05, 0) is 30.2 Å². The lowest BCUT2D eigenvalue weighted by Crippen LogP contribution is -2.48. The number of benzene rings is 2. The first-order chi connectivity index (χ1) is 14.9. The lowest BCUT2D eigenvalue weighted by Gasteiger charge is -2.32. The van der Waals surface area contributed by atoms with Gasteiger partial charge in [0.2, 0.25) is 15.9 Å². The minimum atomic E-state index is -3.67. The summed E-state index contributed by atoms with van der Waals surface area (Å²) in [7, 11) is -3.67. The summed E-state index contributed by atoms with van der Waals surface area (Å²) in [6.07, 6.45) is -0.497. The van der Waals surface area contributed by atoms with Crippen LogP contribution in [-0.4, -0.2) is 53.5 Å². The zero-order valence-electron chi connectivity index (χ0n) is 17.5. The first-order valence-corrected chi connectivity index (χ1v) is 12.7. The van der Waals surface area contributed by atoms with Crippen LogP contribution in [0.3, 0.4) is 0 Å². The van der Waals surface area contributed by atoms with Gasteiger partial charge in [0, 0.05) is 18.5 Å². The Kier molecular flexibility index (Phi) is 6.31. The number of fused-ring (bicyclic) bond motifs is 1. The summed E-state index contributed by atoms with van der Waals surface area (Å²) in [6.45, 7) is 4.58. The van der Waals surface area contributed by atoms with Crippen LogP contribution in [0.25, 0.3) is 10.9 Å². The zero-order chi connectivity index (χ0) is 22.0. The van der Waals surface area contributed by atoms with Crippen molar-refractivity contribution in [1.29, 1.82) is 0 Å². The minimum Gasteiger partial charge on any atom is -0.324 e. The monoisotopic (exact) mass is 455 g/mol. The quantitative estimate of drug-likeness (QED) is 0.528. The van der Waals surface area contributed by atoms with Crippen molar-refractivity contribution >= 4 is 38.6 Å². The molecule has 2 heterocycles. The van der Waals surface area contributed by atoms with E-state index in [1.165, 1.54) is 16.1 Å². The van der Waals surface area contributed by atoms with Crippen LogP contribution in [0.2, 0.25) is 0 Å². The van der Waals surface area contributed by atoms with Gasteiger partial charge in [-0.3, -0.25) is 4.79 Å². The van der Waals surface area contributed by atoms with E-state index in [-0.39, 0.29) is 22.5 Å². The van der Waals surface area contributed by atoms with Gasteiger partial charge in [-0.2, -0.15) is 4.31 Å². The number of thioether (sulfide) groups is 1. The van der Waals surface area contributed by atoms with Crippen LogP contribution in [0, 0.1) is 5.92 Å². The summed E-state index contributed by atoms with van der Waals surface area (Å²) in [4.78, 5) is 19.6. The molecule has 0 unspecified atom stereocenters. The maximum absolute atomic E-state index is 13.2. The first-order valence-electron chi connectivity index (χ1n) is 10.2. The molecule has 1 saturated heterocycles. The molecule has 1 amide bonds. The van der Waals surface area contributed by atoms with Crippen LogP contribution in [0.15, 0.2) is 76.7 Å². The Morgan fingerprint density at radius 2 is 1.74 bits per heavy atom. The third-order valence-electron chi connectivity index (χ3n) is 5.36. The molecule has 1 aliphatic heterocycles. The van der Waals surface area contributed by atoms with Crippen molar-refractivity contribution in [3.8, 4) is 0 Å². The Labute approximate surface area is 187 Å². The molecule has 1 fully saturated rings. The maximum atomic E-state index is 13.2. The molecule has 0 bridgehead atoms. The largest absolute Gasteiger partial charge is 0.324 e. The highest BCUT2D eigenvalue weighted by molar-refractivity contribution is 7.99. The molecule has 0 radical (unpaired) electrons. The second-order valence-electron chi connectivity index (χ2n) is 7.80. The number of amides is 1. The van der Waals surface area contributed by atoms with Gasteiger partial charge in [0.25, 0.3) is 0 Å². The van der Waals surface area contributed by atoms with Crippen LogP contribution in [0.4, 0.5) is 0 Å². The van der Waals surface area contributed by atoms with Gasteiger partial charge in [-0.25, -0.2) is 13.4 Å². The number of aromatic nitrogens is 1. The van der Waals surface area contributed by atoms with Crippen molar-refractivity contribution in [3.63, 3.8) is 0 Å². The SMILES string of the molecule is CC(C)[C@@H]1N(C(=O)CSc2ccc3ccccc3n2)CCN1S(=O)(=O)c1ccccc1. The molecule has 1 aromatic heterocycles. The Bertz CT molecular complexity index is 1180. The lowest BCUT2D eigenvalue weighted by molar-refractivity contribution is -0.130. The van der Waals surface area contributed by atoms with Crippen molar-refractivity contribution in [3.05, 3.63) is 66.7 Å². The number of rotatable bonds is 6. The molecule has 6 nitrogen and oxygen atoms in total. The molecule has 0 saturated carbocycles. The van der Waals surface area contributed by atoms with Gasteiger partial charge in [0.1, 0.15) is 6.17 Å². The number of para-hydroxylation sites is 1. The highest BCUT2D eigenvalue weighted by Crippen LogP contribution is 2.30. The minimum absolute atomic E-state index is 0.0336. The molecule has 1 aliphatic rings. The van der Waals surface area contributed by atoms with Gasteiger partial charge < -0.3 is 4.90 Å². The average Bonchev–Trinajstić information content (AvgIpc) is 3.24. The predicted octanol–water partition coefficient (Wildman–Crippen LogP) is 3.84. The van der Waals surface area contributed by atoms with E-state index in [1.807, 2.05) is 50.2 Å². The predicted molar refractivity (Wildman–Crippen MR) is 123 cm³/mol. The third-order valence-corrected chi connectivity index (χ3v) is 8.16. The summed E-state index contributed by atoms with van der Waals surface area (Å²) in [5.74, 6) is 0.103. The van der Waals surface area contributed by atoms with Crippen LogP contribution >= 0.6 is 11.8 Å². The standard InChI is InChI=1S/C23H25N3O3S2/c1-17(2)23-25(14-15-26(23)31(28,29)19-9-4-3-5-10-19)22(27)16-30-21-13-12-18-8-6-7-11-20(18)24-21/h3-13,17,23H,14-16H2,1-2H3/t23-/m1/s1. The molecule has 3 aromatic rings. The maximum Gasteiger partial charge on any atom is 0.244 e. The molecule has 0 N–H and O–H groups in total. The molecule has 31 heavy (non-hydrogen) atoms. The van der Waals surface area contributed by atoms with Crippen molar-refractivity contribution in [1.82, 2.24) is 14.2 Å². The average molecular weight is 456 g/mol. The Morgan fingerprint density at radius 3 is 2.48 bits per heavy atom. The molecule has 0 aliphatic carbocycles. The van der Waals surface area contributed by atoms with Crippen molar-refractivity contribution < 1.29 is 13.2 Å². The van der Waals surface area contributed by atoms with Crippen LogP contribution in [-0.2, 0) is 14.8 Å². The topological polar surface area (TPSA) is 70.6 Å². The summed E-state index contributed by atoms with van der Waals surface area (Å²) in [6, 6.07) is 20.2. The molecule has 4 rings (SSSR count). The molecule has 1 atom stereocenters. The van der Waals surface area contributed by atoms with E-state index in [2.05, 4.69) is 4.98 Å². The fourth-order valence-electron chi connectivity index (χ4n) is 3.93. The second kappa shape index (κ2) is 8.98. The summed E-state index contributed by atoms with van der Waals surface area (Å²) < 4.78 is 27.9. The number of pyridine rings is 1. The van der Waals surface area contributed by atoms with Crippen molar-refractivity contribution in [2.24, 2.45) is 5.92 Å².